The predicted octanol–water partition coefficient (Wildman–Crippen LogP) is 5.21. The summed E-state index contributed by atoms with van der Waals surface area (Å²) in [6, 6.07) is 0. The summed E-state index contributed by atoms with van der Waals surface area (Å²) in [5.41, 5.74) is 0. The van der Waals surface area contributed by atoms with Crippen LogP contribution in [0, 0.1) is 0 Å². The summed E-state index contributed by atoms with van der Waals surface area (Å²) in [5, 5.41) is 9.34. The monoisotopic (exact) mass is 348 g/mol. The average Bonchev–Trinajstić information content (AvgIpc) is 2.51. The van der Waals surface area contributed by atoms with Gasteiger partial charge in [0.25, 0.3) is 0 Å². The number of aliphatic hydroxyl groups is 1. The van der Waals surface area contributed by atoms with Gasteiger partial charge in [-0.1, -0.05) is 60.9 Å². The van der Waals surface area contributed by atoms with Gasteiger partial charge in [0, 0.05) is 11.9 Å². The van der Waals surface area contributed by atoms with E-state index in [9.17, 15) is 0 Å². The highest BCUT2D eigenvalue weighted by Crippen LogP contribution is 2.26. The van der Waals surface area contributed by atoms with E-state index in [1.54, 1.807) is 0 Å². The van der Waals surface area contributed by atoms with Crippen molar-refractivity contribution in [1.29, 1.82) is 0 Å². The second-order valence-electron chi connectivity index (χ2n) is 6.13. The van der Waals surface area contributed by atoms with Crippen molar-refractivity contribution >= 4 is 15.9 Å². The molecule has 2 nitrogen and oxygen atoms in total. The number of alkyl halides is 1. The Morgan fingerprint density at radius 3 is 1.65 bits per heavy atom. The molecule has 0 atom stereocenters. The van der Waals surface area contributed by atoms with Gasteiger partial charge in [-0.3, -0.25) is 0 Å². The number of halogens is 1. The summed E-state index contributed by atoms with van der Waals surface area (Å²) in [4.78, 5) is 0. The van der Waals surface area contributed by atoms with Crippen LogP contribution in [0.15, 0.2) is 0 Å². The zero-order valence-electron chi connectivity index (χ0n) is 13.0. The fourth-order valence-corrected chi connectivity index (χ4v) is 3.45. The van der Waals surface area contributed by atoms with E-state index >= 15 is 0 Å². The van der Waals surface area contributed by atoms with Gasteiger partial charge < -0.3 is 9.84 Å². The van der Waals surface area contributed by atoms with E-state index in [-0.39, 0.29) is 0 Å². The Labute approximate surface area is 133 Å². The summed E-state index contributed by atoms with van der Waals surface area (Å²) in [6.45, 7) is 0.340. The van der Waals surface area contributed by atoms with Gasteiger partial charge in [0.05, 0.1) is 12.2 Å². The minimum Gasteiger partial charge on any atom is -0.396 e. The van der Waals surface area contributed by atoms with Gasteiger partial charge in [-0.25, -0.2) is 0 Å². The average molecular weight is 349 g/mol. The van der Waals surface area contributed by atoms with E-state index in [2.05, 4.69) is 15.9 Å². The van der Waals surface area contributed by atoms with Gasteiger partial charge in [0.1, 0.15) is 0 Å². The third kappa shape index (κ3) is 9.36. The molecule has 0 saturated heterocycles. The van der Waals surface area contributed by atoms with Gasteiger partial charge in [0.15, 0.2) is 0 Å². The Morgan fingerprint density at radius 2 is 1.25 bits per heavy atom. The van der Waals surface area contributed by atoms with Crippen LogP contribution in [0.2, 0.25) is 0 Å². The topological polar surface area (TPSA) is 29.5 Å². The van der Waals surface area contributed by atoms with Crippen molar-refractivity contribution in [2.24, 2.45) is 0 Å². The van der Waals surface area contributed by atoms with Crippen molar-refractivity contribution in [3.05, 3.63) is 0 Å². The molecule has 0 spiro atoms. The van der Waals surface area contributed by atoms with E-state index in [1.807, 2.05) is 0 Å². The van der Waals surface area contributed by atoms with Gasteiger partial charge in [-0.05, 0) is 38.5 Å². The molecule has 20 heavy (non-hydrogen) atoms. The summed E-state index contributed by atoms with van der Waals surface area (Å²) >= 11 is 3.30. The smallest absolute Gasteiger partial charge is 0.0578 e. The molecule has 0 bridgehead atoms. The number of ether oxygens (including phenoxy) is 1. The Kier molecular flexibility index (Phi) is 12.1. The number of hydrogen-bond acceptors (Lipinski definition) is 2. The van der Waals surface area contributed by atoms with Crippen LogP contribution in [0.1, 0.15) is 83.5 Å². The largest absolute Gasteiger partial charge is 0.396 e. The van der Waals surface area contributed by atoms with Crippen molar-refractivity contribution in [3.63, 3.8) is 0 Å². The Bertz CT molecular complexity index is 179. The molecule has 0 amide bonds. The third-order valence-electron chi connectivity index (χ3n) is 4.28. The molecule has 120 valence electrons. The molecule has 2 aliphatic carbocycles. The molecule has 0 aliphatic heterocycles. The zero-order chi connectivity index (χ0) is 14.5. The summed E-state index contributed by atoms with van der Waals surface area (Å²) in [6.07, 6.45) is 18.3. The molecule has 0 unspecified atom stereocenters. The van der Waals surface area contributed by atoms with Crippen LogP contribution in [-0.2, 0) is 4.74 Å². The van der Waals surface area contributed by atoms with Gasteiger partial charge in [-0.2, -0.15) is 0 Å². The Balaban J connectivity index is 0.000000246. The highest BCUT2D eigenvalue weighted by atomic mass is 79.9. The highest BCUT2D eigenvalue weighted by Gasteiger charge is 2.20. The zero-order valence-corrected chi connectivity index (χ0v) is 14.6. The van der Waals surface area contributed by atoms with E-state index in [4.69, 9.17) is 9.84 Å². The molecule has 2 fully saturated rings. The lowest BCUT2D eigenvalue weighted by atomic mass is 9.95. The maximum atomic E-state index is 8.28. The minimum atomic E-state index is 0.340. The molecule has 0 radical (unpaired) electrons. The van der Waals surface area contributed by atoms with Crippen LogP contribution in [-0.4, -0.2) is 29.3 Å². The Morgan fingerprint density at radius 1 is 0.750 bits per heavy atom. The first kappa shape index (κ1) is 18.4. The van der Waals surface area contributed by atoms with Crippen molar-refractivity contribution in [1.82, 2.24) is 0 Å². The van der Waals surface area contributed by atoms with Crippen molar-refractivity contribution in [3.8, 4) is 0 Å². The van der Waals surface area contributed by atoms with E-state index in [1.165, 1.54) is 70.6 Å². The third-order valence-corrected chi connectivity index (χ3v) is 4.84. The second kappa shape index (κ2) is 13.1. The molecule has 2 aliphatic rings. The lowest BCUT2D eigenvalue weighted by molar-refractivity contribution is -0.0450. The molecule has 0 aromatic carbocycles. The number of aliphatic hydroxyl groups excluding tert-OH is 1. The fraction of sp³-hybridized carbons (Fsp3) is 1.00. The normalized spacial score (nSPS) is 21.3. The van der Waals surface area contributed by atoms with Crippen molar-refractivity contribution in [2.45, 2.75) is 95.7 Å². The molecule has 1 N–H and O–H groups in total. The molecule has 0 heterocycles. The molecular weight excluding hydrogens is 316 g/mol. The van der Waals surface area contributed by atoms with Crippen molar-refractivity contribution < 1.29 is 9.84 Å². The van der Waals surface area contributed by atoms with Crippen LogP contribution < -0.4 is 0 Å². The van der Waals surface area contributed by atoms with E-state index in [0.717, 1.165) is 18.2 Å². The first-order valence-corrected chi connectivity index (χ1v) is 9.81. The van der Waals surface area contributed by atoms with Crippen LogP contribution in [0.25, 0.3) is 0 Å². The number of hydrogen-bond donors (Lipinski definition) is 1. The molecular formula is C17H33BrO2. The van der Waals surface area contributed by atoms with Gasteiger partial charge in [-0.15, -0.1) is 0 Å². The molecule has 3 heteroatoms. The number of unbranched alkanes of at least 4 members (excludes halogenated alkanes) is 2. The first-order valence-electron chi connectivity index (χ1n) is 8.69. The standard InChI is InChI=1S/C12H22O.C5H11BrO/c1-3-7-11(8-4-1)13-12-9-5-2-6-10-12;6-4-2-1-3-5-7/h11-12H,1-10H2;7H,1-5H2. The molecule has 2 saturated carbocycles. The van der Waals surface area contributed by atoms with Crippen LogP contribution in [0.5, 0.6) is 0 Å². The van der Waals surface area contributed by atoms with Crippen molar-refractivity contribution in [2.75, 3.05) is 11.9 Å². The van der Waals surface area contributed by atoms with E-state index in [0.29, 0.717) is 18.8 Å². The molecule has 0 aromatic rings. The summed E-state index contributed by atoms with van der Waals surface area (Å²) in [7, 11) is 0. The van der Waals surface area contributed by atoms with Gasteiger partial charge in [0.2, 0.25) is 0 Å². The van der Waals surface area contributed by atoms with E-state index < -0.39 is 0 Å². The fourth-order valence-electron chi connectivity index (χ4n) is 3.06. The summed E-state index contributed by atoms with van der Waals surface area (Å²) < 4.78 is 6.13. The highest BCUT2D eigenvalue weighted by molar-refractivity contribution is 9.09. The maximum absolute atomic E-state index is 8.28. The lowest BCUT2D eigenvalue weighted by Crippen LogP contribution is -2.25. The molecule has 0 aromatic heterocycles. The Hall–Kier alpha value is 0.400. The van der Waals surface area contributed by atoms with Gasteiger partial charge >= 0.3 is 0 Å². The molecule has 2 rings (SSSR count). The predicted molar refractivity (Wildman–Crippen MR) is 89.6 cm³/mol. The summed E-state index contributed by atoms with van der Waals surface area (Å²) in [5.74, 6) is 0. The lowest BCUT2D eigenvalue weighted by Gasteiger charge is -2.29. The quantitative estimate of drug-likeness (QED) is 0.527. The first-order chi connectivity index (χ1) is 9.86. The second-order valence-corrected chi connectivity index (χ2v) is 6.92. The van der Waals surface area contributed by atoms with Crippen LogP contribution in [0.4, 0.5) is 0 Å². The van der Waals surface area contributed by atoms with Crippen LogP contribution >= 0.6 is 15.9 Å². The minimum absolute atomic E-state index is 0.340. The van der Waals surface area contributed by atoms with Crippen LogP contribution in [0.3, 0.4) is 0 Å². The maximum Gasteiger partial charge on any atom is 0.0578 e. The number of rotatable bonds is 6. The SMILES string of the molecule is C1CCC(OC2CCCCC2)CC1.OCCCCCBr.